The summed E-state index contributed by atoms with van der Waals surface area (Å²) < 4.78 is 0. The van der Waals surface area contributed by atoms with Crippen LogP contribution in [-0.4, -0.2) is 39.6 Å². The molecular formula is C13H19N3O3. The number of nitrogens with zero attached hydrogens (tertiary/aromatic N) is 2. The highest BCUT2D eigenvalue weighted by Gasteiger charge is 2.18. The van der Waals surface area contributed by atoms with Gasteiger partial charge < -0.3 is 15.3 Å². The van der Waals surface area contributed by atoms with E-state index in [1.165, 1.54) is 4.90 Å². The number of pyridine rings is 1. The molecule has 0 aliphatic heterocycles. The van der Waals surface area contributed by atoms with Gasteiger partial charge in [-0.25, -0.2) is 4.79 Å². The van der Waals surface area contributed by atoms with E-state index in [9.17, 15) is 9.59 Å². The third kappa shape index (κ3) is 4.57. The molecule has 1 aromatic rings. The van der Waals surface area contributed by atoms with Crippen molar-refractivity contribution in [2.45, 2.75) is 33.2 Å². The number of carbonyl (C=O) groups is 2. The van der Waals surface area contributed by atoms with Crippen LogP contribution >= 0.6 is 0 Å². The van der Waals surface area contributed by atoms with Gasteiger partial charge in [0, 0.05) is 18.8 Å². The summed E-state index contributed by atoms with van der Waals surface area (Å²) in [6.45, 7) is 5.67. The summed E-state index contributed by atoms with van der Waals surface area (Å²) in [6.07, 6.45) is 1.58. The normalized spacial score (nSPS) is 10.3. The first-order valence-electron chi connectivity index (χ1n) is 6.13. The Kier molecular flexibility index (Phi) is 5.29. The number of amides is 2. The van der Waals surface area contributed by atoms with E-state index >= 15 is 0 Å². The molecule has 6 nitrogen and oxygen atoms in total. The van der Waals surface area contributed by atoms with Gasteiger partial charge in [-0.15, -0.1) is 0 Å². The average Bonchev–Trinajstić information content (AvgIpc) is 2.31. The quantitative estimate of drug-likeness (QED) is 0.854. The van der Waals surface area contributed by atoms with Crippen LogP contribution in [-0.2, 0) is 4.79 Å². The summed E-state index contributed by atoms with van der Waals surface area (Å²) in [5, 5.41) is 11.4. The fourth-order valence-corrected chi connectivity index (χ4v) is 1.61. The number of carbonyl (C=O) groups excluding carboxylic acids is 1. The average molecular weight is 265 g/mol. The molecule has 2 amide bonds. The van der Waals surface area contributed by atoms with Gasteiger partial charge in [0.1, 0.15) is 0 Å². The highest BCUT2D eigenvalue weighted by molar-refractivity contribution is 5.90. The molecule has 6 heteroatoms. The minimum atomic E-state index is -0.920. The van der Waals surface area contributed by atoms with Crippen molar-refractivity contribution in [1.82, 2.24) is 9.88 Å². The van der Waals surface area contributed by atoms with Gasteiger partial charge in [0.05, 0.1) is 17.8 Å². The topological polar surface area (TPSA) is 82.5 Å². The highest BCUT2D eigenvalue weighted by Crippen LogP contribution is 2.12. The van der Waals surface area contributed by atoms with Crippen molar-refractivity contribution >= 4 is 17.7 Å². The predicted molar refractivity (Wildman–Crippen MR) is 72.1 cm³/mol. The third-order valence-corrected chi connectivity index (χ3v) is 2.70. The second kappa shape index (κ2) is 6.72. The fourth-order valence-electron chi connectivity index (χ4n) is 1.61. The minimum Gasteiger partial charge on any atom is -0.481 e. The van der Waals surface area contributed by atoms with E-state index in [1.807, 2.05) is 13.8 Å². The number of carboxylic acids is 1. The van der Waals surface area contributed by atoms with E-state index in [0.29, 0.717) is 5.69 Å². The Bertz CT molecular complexity index is 460. The number of urea groups is 1. The Labute approximate surface area is 112 Å². The van der Waals surface area contributed by atoms with E-state index in [4.69, 9.17) is 5.11 Å². The molecule has 104 valence electrons. The Morgan fingerprint density at radius 2 is 2.16 bits per heavy atom. The van der Waals surface area contributed by atoms with Crippen molar-refractivity contribution in [3.8, 4) is 0 Å². The lowest BCUT2D eigenvalue weighted by molar-refractivity contribution is -0.137. The molecule has 0 aliphatic carbocycles. The van der Waals surface area contributed by atoms with Crippen LogP contribution < -0.4 is 5.32 Å². The van der Waals surface area contributed by atoms with E-state index in [2.05, 4.69) is 10.3 Å². The van der Waals surface area contributed by atoms with Gasteiger partial charge in [-0.3, -0.25) is 9.78 Å². The molecule has 1 heterocycles. The number of aryl methyl sites for hydroxylation is 1. The van der Waals surface area contributed by atoms with Crippen LogP contribution in [0.25, 0.3) is 0 Å². The fraction of sp³-hybridized carbons (Fsp3) is 0.462. The molecule has 0 unspecified atom stereocenters. The van der Waals surface area contributed by atoms with Crippen LogP contribution in [0.15, 0.2) is 18.3 Å². The minimum absolute atomic E-state index is 0.0718. The number of aliphatic carboxylic acids is 1. The van der Waals surface area contributed by atoms with Crippen LogP contribution in [0.4, 0.5) is 10.5 Å². The van der Waals surface area contributed by atoms with Gasteiger partial charge in [0.15, 0.2) is 0 Å². The van der Waals surface area contributed by atoms with E-state index in [0.717, 1.165) is 5.69 Å². The molecule has 0 spiro atoms. The molecule has 0 fully saturated rings. The maximum Gasteiger partial charge on any atom is 0.322 e. The zero-order valence-electron chi connectivity index (χ0n) is 11.4. The smallest absolute Gasteiger partial charge is 0.322 e. The lowest BCUT2D eigenvalue weighted by Crippen LogP contribution is -2.41. The monoisotopic (exact) mass is 265 g/mol. The molecule has 2 N–H and O–H groups in total. The van der Waals surface area contributed by atoms with Gasteiger partial charge in [-0.05, 0) is 32.9 Å². The van der Waals surface area contributed by atoms with Crippen molar-refractivity contribution in [1.29, 1.82) is 0 Å². The molecule has 0 saturated carbocycles. The van der Waals surface area contributed by atoms with Gasteiger partial charge >= 0.3 is 12.0 Å². The van der Waals surface area contributed by atoms with Gasteiger partial charge in [0.25, 0.3) is 0 Å². The Hall–Kier alpha value is -2.11. The Morgan fingerprint density at radius 3 is 2.68 bits per heavy atom. The predicted octanol–water partition coefficient (Wildman–Crippen LogP) is 2.11. The van der Waals surface area contributed by atoms with Crippen LogP contribution in [0.1, 0.15) is 26.0 Å². The number of anilines is 1. The lowest BCUT2D eigenvalue weighted by Gasteiger charge is -2.26. The van der Waals surface area contributed by atoms with E-state index < -0.39 is 5.97 Å². The molecule has 19 heavy (non-hydrogen) atoms. The molecule has 0 aliphatic rings. The van der Waals surface area contributed by atoms with Crippen molar-refractivity contribution in [3.05, 3.63) is 24.0 Å². The Balaban J connectivity index is 2.72. The van der Waals surface area contributed by atoms with Gasteiger partial charge in [-0.1, -0.05) is 0 Å². The molecule has 1 aromatic heterocycles. The number of aromatic nitrogens is 1. The molecule has 0 atom stereocenters. The first-order chi connectivity index (χ1) is 8.91. The van der Waals surface area contributed by atoms with Crippen LogP contribution in [0.5, 0.6) is 0 Å². The molecule has 1 rings (SSSR count). The Morgan fingerprint density at radius 1 is 1.47 bits per heavy atom. The lowest BCUT2D eigenvalue weighted by atomic mass is 10.3. The zero-order valence-corrected chi connectivity index (χ0v) is 11.4. The number of rotatable bonds is 5. The highest BCUT2D eigenvalue weighted by atomic mass is 16.4. The molecule has 0 radical (unpaired) electrons. The second-order valence-corrected chi connectivity index (χ2v) is 4.50. The van der Waals surface area contributed by atoms with Crippen LogP contribution in [0.2, 0.25) is 0 Å². The number of hydrogen-bond acceptors (Lipinski definition) is 3. The van der Waals surface area contributed by atoms with Crippen molar-refractivity contribution in [2.75, 3.05) is 11.9 Å². The first-order valence-corrected chi connectivity index (χ1v) is 6.13. The molecule has 0 saturated heterocycles. The second-order valence-electron chi connectivity index (χ2n) is 4.50. The summed E-state index contributed by atoms with van der Waals surface area (Å²) in [4.78, 5) is 28.3. The van der Waals surface area contributed by atoms with Crippen molar-refractivity contribution < 1.29 is 14.7 Å². The molecular weight excluding hydrogens is 246 g/mol. The van der Waals surface area contributed by atoms with E-state index in [-0.39, 0.29) is 25.0 Å². The maximum atomic E-state index is 12.1. The van der Waals surface area contributed by atoms with Gasteiger partial charge in [0.2, 0.25) is 0 Å². The summed E-state index contributed by atoms with van der Waals surface area (Å²) in [6, 6.07) is 3.11. The summed E-state index contributed by atoms with van der Waals surface area (Å²) in [5.41, 5.74) is 1.35. The van der Waals surface area contributed by atoms with Gasteiger partial charge in [-0.2, -0.15) is 0 Å². The van der Waals surface area contributed by atoms with Crippen molar-refractivity contribution in [3.63, 3.8) is 0 Å². The third-order valence-electron chi connectivity index (χ3n) is 2.70. The maximum absolute atomic E-state index is 12.1. The van der Waals surface area contributed by atoms with Crippen LogP contribution in [0, 0.1) is 6.92 Å². The first kappa shape index (κ1) is 14.9. The van der Waals surface area contributed by atoms with Crippen LogP contribution in [0.3, 0.4) is 0 Å². The summed E-state index contributed by atoms with van der Waals surface area (Å²) in [7, 11) is 0. The van der Waals surface area contributed by atoms with E-state index in [1.54, 1.807) is 25.3 Å². The summed E-state index contributed by atoms with van der Waals surface area (Å²) in [5.74, 6) is -0.920. The number of nitrogens with one attached hydrogen (secondary N) is 1. The largest absolute Gasteiger partial charge is 0.481 e. The summed E-state index contributed by atoms with van der Waals surface area (Å²) >= 11 is 0. The standard InChI is InChI=1S/C13H19N3O3/c1-9(2)16(8-6-12(17)18)13(19)15-11-5-4-7-14-10(11)3/h4-5,7,9H,6,8H2,1-3H3,(H,15,19)(H,17,18). The number of hydrogen-bond donors (Lipinski definition) is 2. The zero-order chi connectivity index (χ0) is 14.4. The number of carboxylic acid groups (broad SMARTS) is 1. The molecule has 0 bridgehead atoms. The van der Waals surface area contributed by atoms with Crippen molar-refractivity contribution in [2.24, 2.45) is 0 Å². The molecule has 0 aromatic carbocycles. The SMILES string of the molecule is Cc1ncccc1NC(=O)N(CCC(=O)O)C(C)C.